The maximum Gasteiger partial charge on any atom is 0.119 e. The Kier molecular flexibility index (Phi) is 4.37. The lowest BCUT2D eigenvalue weighted by atomic mass is 10.1. The molecule has 2 aromatic rings. The predicted molar refractivity (Wildman–Crippen MR) is 76.2 cm³/mol. The van der Waals surface area contributed by atoms with E-state index in [1.165, 1.54) is 0 Å². The van der Waals surface area contributed by atoms with Crippen LogP contribution in [-0.4, -0.2) is 17.2 Å². The molecule has 0 saturated heterocycles. The van der Waals surface area contributed by atoms with E-state index in [-0.39, 0.29) is 0 Å². The molecule has 0 bridgehead atoms. The summed E-state index contributed by atoms with van der Waals surface area (Å²) in [7, 11) is 1.61. The third-order valence-electron chi connectivity index (χ3n) is 2.63. The first-order valence-electron chi connectivity index (χ1n) is 5.52. The number of thiazole rings is 1. The van der Waals surface area contributed by atoms with E-state index in [1.807, 2.05) is 30.5 Å². The quantitative estimate of drug-likeness (QED) is 0.934. The van der Waals surface area contributed by atoms with E-state index < -0.39 is 6.10 Å². The highest BCUT2D eigenvalue weighted by Crippen LogP contribution is 2.29. The highest BCUT2D eigenvalue weighted by Gasteiger charge is 2.14. The van der Waals surface area contributed by atoms with Gasteiger partial charge in [0, 0.05) is 16.3 Å². The van der Waals surface area contributed by atoms with Gasteiger partial charge in [-0.05, 0) is 30.7 Å². The average molecular weight is 328 g/mol. The number of nitrogens with zero attached hydrogens (tertiary/aromatic N) is 1. The SMILES string of the molecule is COc1ccc(Br)c(C(O)Cc2csc(C)n2)c1. The monoisotopic (exact) mass is 327 g/mol. The number of aromatic nitrogens is 1. The Hall–Kier alpha value is -0.910. The maximum absolute atomic E-state index is 10.3. The molecule has 0 aliphatic heterocycles. The molecule has 0 amide bonds. The van der Waals surface area contributed by atoms with Gasteiger partial charge in [0.1, 0.15) is 5.75 Å². The number of benzene rings is 1. The average Bonchev–Trinajstić information content (AvgIpc) is 2.75. The summed E-state index contributed by atoms with van der Waals surface area (Å²) in [6.45, 7) is 1.96. The van der Waals surface area contributed by atoms with Crippen LogP contribution in [0.1, 0.15) is 22.4 Å². The highest BCUT2D eigenvalue weighted by molar-refractivity contribution is 9.10. The molecule has 1 N–H and O–H groups in total. The molecule has 1 unspecified atom stereocenters. The topological polar surface area (TPSA) is 42.4 Å². The van der Waals surface area contributed by atoms with Crippen LogP contribution >= 0.6 is 27.3 Å². The first-order chi connectivity index (χ1) is 8.60. The first kappa shape index (κ1) is 13.5. The van der Waals surface area contributed by atoms with Gasteiger partial charge in [-0.1, -0.05) is 15.9 Å². The van der Waals surface area contributed by atoms with E-state index in [2.05, 4.69) is 20.9 Å². The minimum absolute atomic E-state index is 0.510. The predicted octanol–water partition coefficient (Wildman–Crippen LogP) is 3.50. The lowest BCUT2D eigenvalue weighted by Crippen LogP contribution is -2.03. The molecule has 0 aliphatic carbocycles. The second kappa shape index (κ2) is 5.82. The Balaban J connectivity index is 2.20. The van der Waals surface area contributed by atoms with Crippen LogP contribution in [0.2, 0.25) is 0 Å². The lowest BCUT2D eigenvalue weighted by molar-refractivity contribution is 0.176. The summed E-state index contributed by atoms with van der Waals surface area (Å²) in [6.07, 6.45) is -0.0770. The molecule has 3 nitrogen and oxygen atoms in total. The number of halogens is 1. The molecule has 96 valence electrons. The van der Waals surface area contributed by atoms with Gasteiger partial charge >= 0.3 is 0 Å². The number of hydrogen-bond donors (Lipinski definition) is 1. The molecular weight excluding hydrogens is 314 g/mol. The van der Waals surface area contributed by atoms with Gasteiger partial charge in [0.2, 0.25) is 0 Å². The minimum atomic E-state index is -0.587. The number of methoxy groups -OCH3 is 1. The van der Waals surface area contributed by atoms with E-state index >= 15 is 0 Å². The summed E-state index contributed by atoms with van der Waals surface area (Å²) >= 11 is 5.04. The van der Waals surface area contributed by atoms with Crippen molar-refractivity contribution in [1.82, 2.24) is 4.98 Å². The van der Waals surface area contributed by atoms with Crippen molar-refractivity contribution in [2.45, 2.75) is 19.4 Å². The zero-order valence-corrected chi connectivity index (χ0v) is 12.6. The summed E-state index contributed by atoms with van der Waals surface area (Å²) < 4.78 is 6.05. The van der Waals surface area contributed by atoms with Gasteiger partial charge in [-0.25, -0.2) is 4.98 Å². The fourth-order valence-electron chi connectivity index (χ4n) is 1.71. The fraction of sp³-hybridized carbons (Fsp3) is 0.308. The van der Waals surface area contributed by atoms with Crippen molar-refractivity contribution in [1.29, 1.82) is 0 Å². The molecule has 0 radical (unpaired) electrons. The zero-order valence-electron chi connectivity index (χ0n) is 10.2. The first-order valence-corrected chi connectivity index (χ1v) is 7.20. The van der Waals surface area contributed by atoms with E-state index in [0.717, 1.165) is 26.5 Å². The number of aryl methyl sites for hydroxylation is 1. The van der Waals surface area contributed by atoms with Crippen molar-refractivity contribution < 1.29 is 9.84 Å². The normalized spacial score (nSPS) is 12.4. The molecule has 0 aliphatic rings. The van der Waals surface area contributed by atoms with Crippen molar-refractivity contribution in [3.05, 3.63) is 44.3 Å². The van der Waals surface area contributed by atoms with E-state index in [4.69, 9.17) is 4.74 Å². The van der Waals surface area contributed by atoms with Crippen LogP contribution in [0.4, 0.5) is 0 Å². The molecule has 0 fully saturated rings. The van der Waals surface area contributed by atoms with Gasteiger partial charge in [0.05, 0.1) is 23.9 Å². The maximum atomic E-state index is 10.3. The highest BCUT2D eigenvalue weighted by atomic mass is 79.9. The van der Waals surface area contributed by atoms with Crippen LogP contribution in [0.25, 0.3) is 0 Å². The second-order valence-corrected chi connectivity index (χ2v) is 5.88. The molecule has 1 heterocycles. The molecule has 0 saturated carbocycles. The van der Waals surface area contributed by atoms with E-state index in [9.17, 15) is 5.11 Å². The molecule has 2 rings (SSSR count). The number of aliphatic hydroxyl groups is 1. The van der Waals surface area contributed by atoms with E-state index in [0.29, 0.717) is 6.42 Å². The van der Waals surface area contributed by atoms with Crippen LogP contribution in [-0.2, 0) is 6.42 Å². The molecule has 1 atom stereocenters. The third-order valence-corrected chi connectivity index (χ3v) is 4.18. The smallest absolute Gasteiger partial charge is 0.119 e. The fourth-order valence-corrected chi connectivity index (χ4v) is 2.85. The van der Waals surface area contributed by atoms with Crippen molar-refractivity contribution in [2.24, 2.45) is 0 Å². The van der Waals surface area contributed by atoms with Gasteiger partial charge in [-0.2, -0.15) is 0 Å². The number of hydrogen-bond acceptors (Lipinski definition) is 4. The lowest BCUT2D eigenvalue weighted by Gasteiger charge is -2.13. The van der Waals surface area contributed by atoms with E-state index in [1.54, 1.807) is 18.4 Å². The molecule has 1 aromatic carbocycles. The Labute approximate surface area is 119 Å². The van der Waals surface area contributed by atoms with Gasteiger partial charge < -0.3 is 9.84 Å². The van der Waals surface area contributed by atoms with Gasteiger partial charge in [0.25, 0.3) is 0 Å². The summed E-state index contributed by atoms with van der Waals surface area (Å²) in [6, 6.07) is 5.57. The molecule has 1 aromatic heterocycles. The summed E-state index contributed by atoms with van der Waals surface area (Å²) in [5.41, 5.74) is 1.74. The van der Waals surface area contributed by atoms with Gasteiger partial charge in [-0.15, -0.1) is 11.3 Å². The van der Waals surface area contributed by atoms with Crippen LogP contribution in [0, 0.1) is 6.92 Å². The number of aliphatic hydroxyl groups excluding tert-OH is 1. The largest absolute Gasteiger partial charge is 0.497 e. The molecule has 18 heavy (non-hydrogen) atoms. The van der Waals surface area contributed by atoms with Gasteiger partial charge in [0.15, 0.2) is 0 Å². The summed E-state index contributed by atoms with van der Waals surface area (Å²) in [4.78, 5) is 4.36. The minimum Gasteiger partial charge on any atom is -0.497 e. The number of ether oxygens (including phenoxy) is 1. The molecule has 0 spiro atoms. The standard InChI is InChI=1S/C13H14BrNO2S/c1-8-15-9(7-18-8)5-13(16)11-6-10(17-2)3-4-12(11)14/h3-4,6-7,13,16H,5H2,1-2H3. The van der Waals surface area contributed by atoms with Crippen LogP contribution in [0.15, 0.2) is 28.1 Å². The Morgan fingerprint density at radius 3 is 2.89 bits per heavy atom. The third kappa shape index (κ3) is 3.10. The Morgan fingerprint density at radius 1 is 1.50 bits per heavy atom. The van der Waals surface area contributed by atoms with Crippen LogP contribution < -0.4 is 4.74 Å². The van der Waals surface area contributed by atoms with Crippen molar-refractivity contribution >= 4 is 27.3 Å². The number of rotatable bonds is 4. The van der Waals surface area contributed by atoms with Crippen molar-refractivity contribution in [3.8, 4) is 5.75 Å². The van der Waals surface area contributed by atoms with Crippen molar-refractivity contribution in [2.75, 3.05) is 7.11 Å². The van der Waals surface area contributed by atoms with Crippen LogP contribution in [0.3, 0.4) is 0 Å². The second-order valence-electron chi connectivity index (χ2n) is 3.97. The van der Waals surface area contributed by atoms with Crippen LogP contribution in [0.5, 0.6) is 5.75 Å². The Morgan fingerprint density at radius 2 is 2.28 bits per heavy atom. The van der Waals surface area contributed by atoms with Gasteiger partial charge in [-0.3, -0.25) is 0 Å². The Bertz CT molecular complexity index is 542. The summed E-state index contributed by atoms with van der Waals surface area (Å²) in [5.74, 6) is 0.738. The molecule has 5 heteroatoms. The zero-order chi connectivity index (χ0) is 13.1. The molecular formula is C13H14BrNO2S. The van der Waals surface area contributed by atoms with Crippen molar-refractivity contribution in [3.63, 3.8) is 0 Å². The summed E-state index contributed by atoms with van der Waals surface area (Å²) in [5, 5.41) is 13.3.